The Morgan fingerprint density at radius 2 is 1.83 bits per heavy atom. The number of nitrogens with one attached hydrogen (secondary N) is 2. The molecule has 24 heavy (non-hydrogen) atoms. The van der Waals surface area contributed by atoms with Gasteiger partial charge in [0, 0.05) is 25.8 Å². The lowest BCUT2D eigenvalue weighted by Crippen LogP contribution is -2.36. The van der Waals surface area contributed by atoms with Gasteiger partial charge in [-0.2, -0.15) is 0 Å². The van der Waals surface area contributed by atoms with Crippen LogP contribution in [0, 0.1) is 12.8 Å². The summed E-state index contributed by atoms with van der Waals surface area (Å²) in [7, 11) is -0.426. The van der Waals surface area contributed by atoms with Crippen LogP contribution in [0.5, 0.6) is 0 Å². The summed E-state index contributed by atoms with van der Waals surface area (Å²) in [5.74, 6) is 0.658. The SMILES string of the molecule is Cc1ccc(S(=O)(=O)N(C)C)cc1NC(=S)N[C@@H](C)CCC(C)C. The fourth-order valence-electron chi connectivity index (χ4n) is 2.14. The maximum absolute atomic E-state index is 12.3. The van der Waals surface area contributed by atoms with E-state index in [1.807, 2.05) is 6.92 Å². The van der Waals surface area contributed by atoms with Crippen molar-refractivity contribution in [2.75, 3.05) is 19.4 Å². The van der Waals surface area contributed by atoms with Gasteiger partial charge in [0.15, 0.2) is 5.11 Å². The largest absolute Gasteiger partial charge is 0.360 e. The average Bonchev–Trinajstić information content (AvgIpc) is 2.47. The number of hydrogen-bond acceptors (Lipinski definition) is 3. The molecule has 5 nitrogen and oxygen atoms in total. The fourth-order valence-corrected chi connectivity index (χ4v) is 3.38. The molecular formula is C17H29N3O2S2. The smallest absolute Gasteiger partial charge is 0.242 e. The highest BCUT2D eigenvalue weighted by atomic mass is 32.2. The summed E-state index contributed by atoms with van der Waals surface area (Å²) in [6, 6.07) is 5.28. The first-order valence-corrected chi connectivity index (χ1v) is 9.99. The van der Waals surface area contributed by atoms with Gasteiger partial charge in [0.1, 0.15) is 0 Å². The zero-order valence-electron chi connectivity index (χ0n) is 15.4. The highest BCUT2D eigenvalue weighted by molar-refractivity contribution is 7.89. The molecule has 136 valence electrons. The van der Waals surface area contributed by atoms with Gasteiger partial charge in [-0.3, -0.25) is 0 Å². The van der Waals surface area contributed by atoms with E-state index in [0.29, 0.717) is 16.7 Å². The molecule has 0 unspecified atom stereocenters. The Bertz CT molecular complexity index is 670. The van der Waals surface area contributed by atoms with Crippen LogP contribution in [0.15, 0.2) is 23.1 Å². The molecule has 0 saturated heterocycles. The molecule has 1 aromatic rings. The van der Waals surface area contributed by atoms with Crippen LogP contribution in [0.2, 0.25) is 0 Å². The molecule has 0 radical (unpaired) electrons. The van der Waals surface area contributed by atoms with Gasteiger partial charge in [0.25, 0.3) is 0 Å². The number of aryl methyl sites for hydroxylation is 1. The van der Waals surface area contributed by atoms with Crippen molar-refractivity contribution >= 4 is 33.0 Å². The molecular weight excluding hydrogens is 342 g/mol. The number of hydrogen-bond donors (Lipinski definition) is 2. The fraction of sp³-hybridized carbons (Fsp3) is 0.588. The van der Waals surface area contributed by atoms with E-state index >= 15 is 0 Å². The Morgan fingerprint density at radius 3 is 2.38 bits per heavy atom. The van der Waals surface area contributed by atoms with E-state index in [0.717, 1.165) is 18.4 Å². The normalized spacial score (nSPS) is 13.2. The van der Waals surface area contributed by atoms with Crippen LogP contribution < -0.4 is 10.6 Å². The molecule has 0 fully saturated rings. The van der Waals surface area contributed by atoms with E-state index in [2.05, 4.69) is 31.4 Å². The standard InChI is InChI=1S/C17H29N3O2S2/c1-12(2)7-9-14(4)18-17(23)19-16-11-15(10-8-13(16)3)24(21,22)20(5)6/h8,10-12,14H,7,9H2,1-6H3,(H2,18,19,23)/t14-/m0/s1. The van der Waals surface area contributed by atoms with Crippen molar-refractivity contribution in [3.63, 3.8) is 0 Å². The third-order valence-electron chi connectivity index (χ3n) is 3.79. The Kier molecular flexibility index (Phi) is 7.63. The summed E-state index contributed by atoms with van der Waals surface area (Å²) in [5.41, 5.74) is 1.64. The van der Waals surface area contributed by atoms with E-state index in [1.165, 1.54) is 18.4 Å². The van der Waals surface area contributed by atoms with Gasteiger partial charge < -0.3 is 10.6 Å². The molecule has 0 heterocycles. The van der Waals surface area contributed by atoms with E-state index < -0.39 is 10.0 Å². The van der Waals surface area contributed by atoms with Crippen LogP contribution in [0.1, 0.15) is 39.2 Å². The van der Waals surface area contributed by atoms with Crippen molar-refractivity contribution in [2.45, 2.75) is 51.5 Å². The predicted octanol–water partition coefficient (Wildman–Crippen LogP) is 3.36. The topological polar surface area (TPSA) is 61.4 Å². The second kappa shape index (κ2) is 8.78. The van der Waals surface area contributed by atoms with E-state index in [-0.39, 0.29) is 10.9 Å². The molecule has 0 saturated carbocycles. The van der Waals surface area contributed by atoms with Gasteiger partial charge in [0.2, 0.25) is 10.0 Å². The van der Waals surface area contributed by atoms with Gasteiger partial charge in [-0.15, -0.1) is 0 Å². The molecule has 0 aliphatic carbocycles. The van der Waals surface area contributed by atoms with Crippen molar-refractivity contribution in [3.8, 4) is 0 Å². The van der Waals surface area contributed by atoms with Gasteiger partial charge in [-0.1, -0.05) is 19.9 Å². The molecule has 0 aliphatic heterocycles. The van der Waals surface area contributed by atoms with Crippen molar-refractivity contribution < 1.29 is 8.42 Å². The third-order valence-corrected chi connectivity index (χ3v) is 5.82. The monoisotopic (exact) mass is 371 g/mol. The Labute approximate surface area is 151 Å². The Balaban J connectivity index is 2.82. The van der Waals surface area contributed by atoms with Crippen molar-refractivity contribution in [1.29, 1.82) is 0 Å². The summed E-state index contributed by atoms with van der Waals surface area (Å²) in [4.78, 5) is 0.247. The Hall–Kier alpha value is -1.18. The average molecular weight is 372 g/mol. The Morgan fingerprint density at radius 1 is 1.21 bits per heavy atom. The van der Waals surface area contributed by atoms with Crippen LogP contribution in [0.4, 0.5) is 5.69 Å². The zero-order chi connectivity index (χ0) is 18.5. The molecule has 2 N–H and O–H groups in total. The van der Waals surface area contributed by atoms with Crippen LogP contribution >= 0.6 is 12.2 Å². The minimum atomic E-state index is -3.46. The van der Waals surface area contributed by atoms with E-state index in [9.17, 15) is 8.42 Å². The maximum atomic E-state index is 12.3. The molecule has 1 rings (SSSR count). The van der Waals surface area contributed by atoms with Crippen molar-refractivity contribution in [2.24, 2.45) is 5.92 Å². The van der Waals surface area contributed by atoms with E-state index in [4.69, 9.17) is 12.2 Å². The highest BCUT2D eigenvalue weighted by Gasteiger charge is 2.18. The zero-order valence-corrected chi connectivity index (χ0v) is 17.0. The first-order chi connectivity index (χ1) is 11.0. The number of sulfonamides is 1. The predicted molar refractivity (Wildman–Crippen MR) is 105 cm³/mol. The highest BCUT2D eigenvalue weighted by Crippen LogP contribution is 2.22. The van der Waals surface area contributed by atoms with Gasteiger partial charge in [-0.25, -0.2) is 12.7 Å². The van der Waals surface area contributed by atoms with Crippen molar-refractivity contribution in [3.05, 3.63) is 23.8 Å². The van der Waals surface area contributed by atoms with Gasteiger partial charge in [0.05, 0.1) is 4.90 Å². The minimum absolute atomic E-state index is 0.247. The molecule has 1 aromatic carbocycles. The lowest BCUT2D eigenvalue weighted by atomic mass is 10.0. The van der Waals surface area contributed by atoms with Crippen LogP contribution in [-0.4, -0.2) is 38.0 Å². The molecule has 1 atom stereocenters. The molecule has 0 aliphatic rings. The van der Waals surface area contributed by atoms with Gasteiger partial charge in [-0.05, 0) is 62.5 Å². The van der Waals surface area contributed by atoms with E-state index in [1.54, 1.807) is 18.2 Å². The number of benzene rings is 1. The molecule has 7 heteroatoms. The van der Waals surface area contributed by atoms with Crippen LogP contribution in [0.3, 0.4) is 0 Å². The van der Waals surface area contributed by atoms with Gasteiger partial charge >= 0.3 is 0 Å². The van der Waals surface area contributed by atoms with Crippen molar-refractivity contribution in [1.82, 2.24) is 9.62 Å². The first-order valence-electron chi connectivity index (χ1n) is 8.14. The summed E-state index contributed by atoms with van der Waals surface area (Å²) in [6.45, 7) is 8.40. The quantitative estimate of drug-likeness (QED) is 0.720. The number of anilines is 1. The molecule has 0 aromatic heterocycles. The number of thiocarbonyl (C=S) groups is 1. The second-order valence-corrected chi connectivity index (χ2v) is 9.29. The summed E-state index contributed by atoms with van der Waals surface area (Å²) in [6.07, 6.45) is 2.17. The third kappa shape index (κ3) is 6.03. The lowest BCUT2D eigenvalue weighted by Gasteiger charge is -2.19. The maximum Gasteiger partial charge on any atom is 0.242 e. The van der Waals surface area contributed by atoms with Crippen LogP contribution in [-0.2, 0) is 10.0 Å². The summed E-state index contributed by atoms with van der Waals surface area (Å²) in [5, 5.41) is 6.88. The summed E-state index contributed by atoms with van der Waals surface area (Å²) < 4.78 is 25.7. The summed E-state index contributed by atoms with van der Waals surface area (Å²) >= 11 is 5.36. The first kappa shape index (κ1) is 20.9. The number of nitrogens with zero attached hydrogens (tertiary/aromatic N) is 1. The molecule has 0 spiro atoms. The number of rotatable bonds is 7. The lowest BCUT2D eigenvalue weighted by molar-refractivity contribution is 0.494. The molecule has 0 bridgehead atoms. The second-order valence-electron chi connectivity index (χ2n) is 6.73. The molecule has 0 amide bonds. The minimum Gasteiger partial charge on any atom is -0.360 e. The van der Waals surface area contributed by atoms with Crippen LogP contribution in [0.25, 0.3) is 0 Å².